The molecule has 1 heterocycles. The quantitative estimate of drug-likeness (QED) is 0.780. The molecule has 0 amide bonds. The Balaban J connectivity index is 2.13. The van der Waals surface area contributed by atoms with Crippen molar-refractivity contribution in [3.05, 3.63) is 23.8 Å². The van der Waals surface area contributed by atoms with Crippen LogP contribution < -0.4 is 10.5 Å². The van der Waals surface area contributed by atoms with E-state index in [1.807, 2.05) is 0 Å². The number of nitrogens with one attached hydrogen (secondary N) is 1. The van der Waals surface area contributed by atoms with Crippen LogP contribution in [0.5, 0.6) is 0 Å². The molecule has 1 aliphatic heterocycles. The van der Waals surface area contributed by atoms with E-state index in [1.165, 1.54) is 6.07 Å². The number of methoxy groups -OCH3 is 1. The van der Waals surface area contributed by atoms with E-state index in [0.29, 0.717) is 25.3 Å². The standard InChI is InChI=1S/C13H20N2O4S/c1-10-7-11(3-4-12(10)14)20(16,17)15-8-13(18-2)5-6-19-9-13/h3-4,7,15H,5-6,8-9,14H2,1-2H3. The highest BCUT2D eigenvalue weighted by Gasteiger charge is 2.36. The number of anilines is 1. The molecule has 2 rings (SSSR count). The molecule has 20 heavy (non-hydrogen) atoms. The van der Waals surface area contributed by atoms with Gasteiger partial charge in [0.2, 0.25) is 10.0 Å². The molecule has 3 N–H and O–H groups in total. The zero-order valence-electron chi connectivity index (χ0n) is 11.7. The maximum Gasteiger partial charge on any atom is 0.240 e. The van der Waals surface area contributed by atoms with Crippen LogP contribution in [0.2, 0.25) is 0 Å². The summed E-state index contributed by atoms with van der Waals surface area (Å²) in [5.74, 6) is 0. The van der Waals surface area contributed by atoms with Crippen molar-refractivity contribution >= 4 is 15.7 Å². The van der Waals surface area contributed by atoms with Crippen molar-refractivity contribution in [2.75, 3.05) is 32.6 Å². The molecule has 0 aromatic heterocycles. The number of rotatable bonds is 5. The fourth-order valence-corrected chi connectivity index (χ4v) is 3.29. The number of benzene rings is 1. The molecule has 7 heteroatoms. The molecule has 1 atom stereocenters. The van der Waals surface area contributed by atoms with Gasteiger partial charge >= 0.3 is 0 Å². The summed E-state index contributed by atoms with van der Waals surface area (Å²) < 4.78 is 37.8. The highest BCUT2D eigenvalue weighted by molar-refractivity contribution is 7.89. The second kappa shape index (κ2) is 5.69. The molecule has 6 nitrogen and oxygen atoms in total. The van der Waals surface area contributed by atoms with E-state index < -0.39 is 15.6 Å². The van der Waals surface area contributed by atoms with Gasteiger partial charge in [-0.2, -0.15) is 0 Å². The van der Waals surface area contributed by atoms with Crippen molar-refractivity contribution in [3.8, 4) is 0 Å². The average Bonchev–Trinajstić information content (AvgIpc) is 2.89. The molecule has 0 aliphatic carbocycles. The maximum absolute atomic E-state index is 12.3. The second-order valence-corrected chi connectivity index (χ2v) is 6.80. The lowest BCUT2D eigenvalue weighted by Gasteiger charge is -2.25. The van der Waals surface area contributed by atoms with Crippen molar-refractivity contribution < 1.29 is 17.9 Å². The van der Waals surface area contributed by atoms with E-state index >= 15 is 0 Å². The fourth-order valence-electron chi connectivity index (χ4n) is 2.09. The van der Waals surface area contributed by atoms with Gasteiger partial charge in [-0.15, -0.1) is 0 Å². The zero-order valence-corrected chi connectivity index (χ0v) is 12.5. The Morgan fingerprint density at radius 3 is 2.80 bits per heavy atom. The Labute approximate surface area is 119 Å². The molecule has 1 saturated heterocycles. The van der Waals surface area contributed by atoms with Gasteiger partial charge in [0.15, 0.2) is 0 Å². The number of aryl methyl sites for hydroxylation is 1. The Hall–Kier alpha value is -1.15. The first-order valence-electron chi connectivity index (χ1n) is 6.37. The van der Waals surface area contributed by atoms with Gasteiger partial charge in [0.1, 0.15) is 5.60 Å². The molecule has 0 spiro atoms. The summed E-state index contributed by atoms with van der Waals surface area (Å²) in [4.78, 5) is 0.203. The SMILES string of the molecule is COC1(CNS(=O)(=O)c2ccc(N)c(C)c2)CCOC1. The third-order valence-corrected chi connectivity index (χ3v) is 5.03. The molecule has 0 bridgehead atoms. The van der Waals surface area contributed by atoms with E-state index in [9.17, 15) is 8.42 Å². The summed E-state index contributed by atoms with van der Waals surface area (Å²) in [6, 6.07) is 4.65. The number of ether oxygens (including phenoxy) is 2. The summed E-state index contributed by atoms with van der Waals surface area (Å²) in [6.07, 6.45) is 0.673. The van der Waals surface area contributed by atoms with E-state index in [4.69, 9.17) is 15.2 Å². The lowest BCUT2D eigenvalue weighted by atomic mass is 10.0. The van der Waals surface area contributed by atoms with Gasteiger partial charge in [-0.05, 0) is 30.7 Å². The summed E-state index contributed by atoms with van der Waals surface area (Å²) in [5.41, 5.74) is 6.43. The first-order chi connectivity index (χ1) is 9.38. The van der Waals surface area contributed by atoms with Crippen molar-refractivity contribution in [3.63, 3.8) is 0 Å². The maximum atomic E-state index is 12.3. The van der Waals surface area contributed by atoms with Gasteiger partial charge in [0.05, 0.1) is 11.5 Å². The largest absolute Gasteiger partial charge is 0.399 e. The average molecular weight is 300 g/mol. The summed E-state index contributed by atoms with van der Waals surface area (Å²) >= 11 is 0. The molecule has 1 unspecified atom stereocenters. The molecule has 1 aromatic rings. The highest BCUT2D eigenvalue weighted by Crippen LogP contribution is 2.23. The minimum atomic E-state index is -3.58. The Kier molecular flexibility index (Phi) is 4.33. The predicted octanol–water partition coefficient (Wildman–Crippen LogP) is 0.661. The number of nitrogen functional groups attached to an aromatic ring is 1. The molecule has 1 aromatic carbocycles. The molecule has 112 valence electrons. The summed E-state index contributed by atoms with van der Waals surface area (Å²) in [7, 11) is -2.01. The molecular weight excluding hydrogens is 280 g/mol. The van der Waals surface area contributed by atoms with Crippen LogP contribution in [0.15, 0.2) is 23.1 Å². The fraction of sp³-hybridized carbons (Fsp3) is 0.538. The van der Waals surface area contributed by atoms with Crippen molar-refractivity contribution in [2.45, 2.75) is 23.8 Å². The summed E-state index contributed by atoms with van der Waals surface area (Å²) in [6.45, 7) is 2.94. The van der Waals surface area contributed by atoms with Crippen molar-refractivity contribution in [1.29, 1.82) is 0 Å². The van der Waals surface area contributed by atoms with Crippen LogP contribution in [0.3, 0.4) is 0 Å². The van der Waals surface area contributed by atoms with E-state index in [1.54, 1.807) is 26.2 Å². The lowest BCUT2D eigenvalue weighted by Crippen LogP contribution is -2.44. The topological polar surface area (TPSA) is 90.7 Å². The van der Waals surface area contributed by atoms with Gasteiger partial charge in [-0.3, -0.25) is 0 Å². The van der Waals surface area contributed by atoms with Crippen LogP contribution in [0, 0.1) is 6.92 Å². The minimum absolute atomic E-state index is 0.190. The van der Waals surface area contributed by atoms with Crippen LogP contribution in [0.25, 0.3) is 0 Å². The van der Waals surface area contributed by atoms with Crippen molar-refractivity contribution in [1.82, 2.24) is 4.72 Å². The Bertz CT molecular complexity index is 580. The second-order valence-electron chi connectivity index (χ2n) is 5.03. The summed E-state index contributed by atoms with van der Waals surface area (Å²) in [5, 5.41) is 0. The number of nitrogens with two attached hydrogens (primary N) is 1. The van der Waals surface area contributed by atoms with Crippen LogP contribution in [0.1, 0.15) is 12.0 Å². The first-order valence-corrected chi connectivity index (χ1v) is 7.86. The van der Waals surface area contributed by atoms with Crippen LogP contribution >= 0.6 is 0 Å². The van der Waals surface area contributed by atoms with Gasteiger partial charge in [-0.1, -0.05) is 0 Å². The Morgan fingerprint density at radius 2 is 2.25 bits per heavy atom. The zero-order chi connectivity index (χ0) is 14.8. The Morgan fingerprint density at radius 1 is 1.50 bits per heavy atom. The van der Waals surface area contributed by atoms with Gasteiger partial charge < -0.3 is 15.2 Å². The molecule has 1 aliphatic rings. The third-order valence-electron chi connectivity index (χ3n) is 3.64. The molecule has 0 saturated carbocycles. The minimum Gasteiger partial charge on any atom is -0.399 e. The highest BCUT2D eigenvalue weighted by atomic mass is 32.2. The van der Waals surface area contributed by atoms with Gasteiger partial charge in [0, 0.05) is 32.4 Å². The predicted molar refractivity (Wildman–Crippen MR) is 76.0 cm³/mol. The molecule has 1 fully saturated rings. The number of hydrogen-bond donors (Lipinski definition) is 2. The van der Waals surface area contributed by atoms with Crippen LogP contribution in [-0.4, -0.2) is 40.9 Å². The molecule has 0 radical (unpaired) electrons. The number of hydrogen-bond acceptors (Lipinski definition) is 5. The van der Waals surface area contributed by atoms with Crippen molar-refractivity contribution in [2.24, 2.45) is 0 Å². The first kappa shape index (κ1) is 15.2. The van der Waals surface area contributed by atoms with E-state index in [0.717, 1.165) is 5.56 Å². The number of sulfonamides is 1. The van der Waals surface area contributed by atoms with E-state index in [-0.39, 0.29) is 11.4 Å². The smallest absolute Gasteiger partial charge is 0.240 e. The lowest BCUT2D eigenvalue weighted by molar-refractivity contribution is -0.0120. The normalized spacial score (nSPS) is 23.1. The van der Waals surface area contributed by atoms with Gasteiger partial charge in [0.25, 0.3) is 0 Å². The van der Waals surface area contributed by atoms with E-state index in [2.05, 4.69) is 4.72 Å². The van der Waals surface area contributed by atoms with Gasteiger partial charge in [-0.25, -0.2) is 13.1 Å². The molecular formula is C13H20N2O4S. The monoisotopic (exact) mass is 300 g/mol. The van der Waals surface area contributed by atoms with Crippen LogP contribution in [0.4, 0.5) is 5.69 Å². The third kappa shape index (κ3) is 3.12. The van der Waals surface area contributed by atoms with Crippen LogP contribution in [-0.2, 0) is 19.5 Å².